The number of cyclic esters (lactones) is 1. The van der Waals surface area contributed by atoms with Crippen molar-refractivity contribution in [3.63, 3.8) is 0 Å². The van der Waals surface area contributed by atoms with Crippen LogP contribution >= 0.6 is 0 Å². The van der Waals surface area contributed by atoms with Crippen molar-refractivity contribution in [1.82, 2.24) is 14.4 Å². The minimum absolute atomic E-state index is 0.00612. The number of amides is 2. The monoisotopic (exact) mass is 299 g/mol. The van der Waals surface area contributed by atoms with Gasteiger partial charge in [-0.2, -0.15) is 0 Å². The molecule has 6 nitrogen and oxygen atoms in total. The predicted molar refractivity (Wildman–Crippen MR) is 80.4 cm³/mol. The number of aromatic nitrogens is 1. The lowest BCUT2D eigenvalue weighted by atomic mass is 10.2. The van der Waals surface area contributed by atoms with Crippen molar-refractivity contribution in [3.8, 4) is 0 Å². The molecule has 0 aliphatic carbocycles. The van der Waals surface area contributed by atoms with Crippen molar-refractivity contribution >= 4 is 22.9 Å². The van der Waals surface area contributed by atoms with Crippen LogP contribution in [0.4, 0.5) is 4.79 Å². The van der Waals surface area contributed by atoms with Gasteiger partial charge in [-0.1, -0.05) is 18.2 Å². The number of hydrogen-bond donors (Lipinski definition) is 0. The van der Waals surface area contributed by atoms with E-state index >= 15 is 0 Å². The molecule has 4 rings (SSSR count). The molecule has 0 unspecified atom stereocenters. The van der Waals surface area contributed by atoms with Crippen molar-refractivity contribution in [2.75, 3.05) is 26.2 Å². The number of ether oxygens (including phenoxy) is 1. The summed E-state index contributed by atoms with van der Waals surface area (Å²) in [4.78, 5) is 27.6. The second-order valence-corrected chi connectivity index (χ2v) is 5.77. The molecule has 0 N–H and O–H groups in total. The number of carbonyl (C=O) groups is 2. The number of carbonyl (C=O) groups excluding carboxylic acids is 2. The Hall–Kier alpha value is -2.50. The van der Waals surface area contributed by atoms with E-state index in [4.69, 9.17) is 4.74 Å². The molecular weight excluding hydrogens is 282 g/mol. The van der Waals surface area contributed by atoms with Gasteiger partial charge in [0.25, 0.3) is 0 Å². The highest BCUT2D eigenvalue weighted by molar-refractivity contribution is 5.83. The fourth-order valence-electron chi connectivity index (χ4n) is 3.24. The first-order chi connectivity index (χ1) is 10.7. The van der Waals surface area contributed by atoms with E-state index in [1.807, 2.05) is 46.0 Å². The zero-order chi connectivity index (χ0) is 15.1. The van der Waals surface area contributed by atoms with Crippen LogP contribution in [0, 0.1) is 0 Å². The molecule has 0 bridgehead atoms. The number of piperazine rings is 1. The Morgan fingerprint density at radius 3 is 3.00 bits per heavy atom. The lowest BCUT2D eigenvalue weighted by molar-refractivity contribution is -0.133. The Balaban J connectivity index is 1.47. The van der Waals surface area contributed by atoms with E-state index in [0.717, 1.165) is 10.9 Å². The Bertz CT molecular complexity index is 739. The molecule has 2 saturated heterocycles. The molecule has 2 aliphatic rings. The van der Waals surface area contributed by atoms with Crippen LogP contribution in [-0.4, -0.2) is 58.7 Å². The number of rotatable bonds is 2. The van der Waals surface area contributed by atoms with E-state index in [2.05, 4.69) is 0 Å². The van der Waals surface area contributed by atoms with Gasteiger partial charge in [-0.05, 0) is 17.5 Å². The molecule has 0 spiro atoms. The molecular formula is C16H17N3O3. The Morgan fingerprint density at radius 2 is 2.09 bits per heavy atom. The first-order valence-electron chi connectivity index (χ1n) is 7.47. The molecule has 1 aromatic carbocycles. The number of para-hydroxylation sites is 1. The summed E-state index contributed by atoms with van der Waals surface area (Å²) in [6.07, 6.45) is 1.69. The lowest BCUT2D eigenvalue weighted by Crippen LogP contribution is -2.54. The van der Waals surface area contributed by atoms with E-state index < -0.39 is 0 Å². The summed E-state index contributed by atoms with van der Waals surface area (Å²) in [6, 6.07) is 10.0. The quantitative estimate of drug-likeness (QED) is 0.840. The van der Waals surface area contributed by atoms with Crippen LogP contribution in [0.3, 0.4) is 0 Å². The number of nitrogens with zero attached hydrogens (tertiary/aromatic N) is 3. The van der Waals surface area contributed by atoms with Crippen molar-refractivity contribution in [1.29, 1.82) is 0 Å². The molecule has 2 fully saturated rings. The molecule has 2 aliphatic heterocycles. The molecule has 3 heterocycles. The van der Waals surface area contributed by atoms with Crippen molar-refractivity contribution in [2.45, 2.75) is 12.6 Å². The summed E-state index contributed by atoms with van der Waals surface area (Å²) in [6.45, 7) is 2.40. The molecule has 1 atom stereocenters. The van der Waals surface area contributed by atoms with Crippen LogP contribution < -0.4 is 0 Å². The maximum Gasteiger partial charge on any atom is 0.410 e. The largest absolute Gasteiger partial charge is 0.447 e. The van der Waals surface area contributed by atoms with Gasteiger partial charge in [0.2, 0.25) is 5.91 Å². The summed E-state index contributed by atoms with van der Waals surface area (Å²) in [5.41, 5.74) is 1.06. The van der Waals surface area contributed by atoms with Crippen LogP contribution in [0.5, 0.6) is 0 Å². The average Bonchev–Trinajstić information content (AvgIpc) is 3.12. The first kappa shape index (κ1) is 13.2. The highest BCUT2D eigenvalue weighted by Gasteiger charge is 2.38. The van der Waals surface area contributed by atoms with E-state index in [-0.39, 0.29) is 18.0 Å². The number of hydrogen-bond acceptors (Lipinski definition) is 3. The summed E-state index contributed by atoms with van der Waals surface area (Å²) < 4.78 is 7.01. The van der Waals surface area contributed by atoms with Gasteiger partial charge in [-0.15, -0.1) is 0 Å². The van der Waals surface area contributed by atoms with Gasteiger partial charge in [-0.3, -0.25) is 9.69 Å². The van der Waals surface area contributed by atoms with Crippen molar-refractivity contribution in [3.05, 3.63) is 36.5 Å². The molecule has 2 aromatic rings. The van der Waals surface area contributed by atoms with Gasteiger partial charge >= 0.3 is 6.09 Å². The highest BCUT2D eigenvalue weighted by atomic mass is 16.6. The first-order valence-corrected chi connectivity index (χ1v) is 7.47. The molecule has 22 heavy (non-hydrogen) atoms. The van der Waals surface area contributed by atoms with Crippen molar-refractivity contribution in [2.24, 2.45) is 0 Å². The second kappa shape index (κ2) is 5.05. The minimum atomic E-state index is -0.256. The number of benzene rings is 1. The van der Waals surface area contributed by atoms with Gasteiger partial charge in [0.1, 0.15) is 13.2 Å². The third kappa shape index (κ3) is 2.11. The molecule has 6 heteroatoms. The van der Waals surface area contributed by atoms with Gasteiger partial charge < -0.3 is 14.2 Å². The average molecular weight is 299 g/mol. The lowest BCUT2D eigenvalue weighted by Gasteiger charge is -2.35. The van der Waals surface area contributed by atoms with Crippen LogP contribution in [0.1, 0.15) is 0 Å². The highest BCUT2D eigenvalue weighted by Crippen LogP contribution is 2.19. The maximum absolute atomic E-state index is 12.5. The Labute approximate surface area is 127 Å². The van der Waals surface area contributed by atoms with Crippen LogP contribution in [-0.2, 0) is 16.1 Å². The summed E-state index contributed by atoms with van der Waals surface area (Å²) in [5.74, 6) is 0.0837. The summed E-state index contributed by atoms with van der Waals surface area (Å²) >= 11 is 0. The third-order valence-electron chi connectivity index (χ3n) is 4.45. The van der Waals surface area contributed by atoms with Gasteiger partial charge in [0.05, 0.1) is 6.04 Å². The van der Waals surface area contributed by atoms with Crippen LogP contribution in [0.15, 0.2) is 36.5 Å². The molecule has 0 radical (unpaired) electrons. The molecule has 1 aromatic heterocycles. The second-order valence-electron chi connectivity index (χ2n) is 5.77. The van der Waals surface area contributed by atoms with E-state index in [9.17, 15) is 9.59 Å². The van der Waals surface area contributed by atoms with Crippen molar-refractivity contribution < 1.29 is 14.3 Å². The van der Waals surface area contributed by atoms with Gasteiger partial charge in [0.15, 0.2) is 0 Å². The third-order valence-corrected chi connectivity index (χ3v) is 4.45. The minimum Gasteiger partial charge on any atom is -0.447 e. The zero-order valence-corrected chi connectivity index (χ0v) is 12.1. The summed E-state index contributed by atoms with van der Waals surface area (Å²) in [7, 11) is 0. The fraction of sp³-hybridized carbons (Fsp3) is 0.375. The molecule has 2 amide bonds. The smallest absolute Gasteiger partial charge is 0.410 e. The van der Waals surface area contributed by atoms with E-state index in [1.165, 1.54) is 0 Å². The van der Waals surface area contributed by atoms with Gasteiger partial charge in [-0.25, -0.2) is 4.79 Å². The zero-order valence-electron chi connectivity index (χ0n) is 12.1. The van der Waals surface area contributed by atoms with Crippen LogP contribution in [0.25, 0.3) is 10.9 Å². The normalized spacial score (nSPS) is 21.1. The predicted octanol–water partition coefficient (Wildman–Crippen LogP) is 1.30. The topological polar surface area (TPSA) is 54.8 Å². The fourth-order valence-corrected chi connectivity index (χ4v) is 3.24. The van der Waals surface area contributed by atoms with E-state index in [1.54, 1.807) is 4.90 Å². The Morgan fingerprint density at radius 1 is 1.23 bits per heavy atom. The Kier molecular flexibility index (Phi) is 3.03. The summed E-state index contributed by atoms with van der Waals surface area (Å²) in [5, 5.41) is 1.13. The SMILES string of the molecule is O=C(Cn1ccc2ccccc21)N1CCN2C(=O)OC[C@@H]2C1. The molecule has 0 saturated carbocycles. The maximum atomic E-state index is 12.5. The van der Waals surface area contributed by atoms with E-state index in [0.29, 0.717) is 32.8 Å². The number of fused-ring (bicyclic) bond motifs is 2. The standard InChI is InChI=1S/C16H17N3O3/c20-15(10-17-6-5-12-3-1-2-4-14(12)17)18-7-8-19-13(9-18)11-22-16(19)21/h1-6,13H,7-11H2/t13-/m0/s1. The van der Waals surface area contributed by atoms with Gasteiger partial charge in [0, 0.05) is 31.3 Å². The molecule has 114 valence electrons. The van der Waals surface area contributed by atoms with Crippen LogP contribution in [0.2, 0.25) is 0 Å².